The van der Waals surface area contributed by atoms with Gasteiger partial charge in [-0.1, -0.05) is 25.6 Å². The van der Waals surface area contributed by atoms with Crippen molar-refractivity contribution in [2.75, 3.05) is 11.1 Å². The van der Waals surface area contributed by atoms with Gasteiger partial charge in [-0.25, -0.2) is 0 Å². The van der Waals surface area contributed by atoms with Gasteiger partial charge in [0, 0.05) is 29.4 Å². The molecule has 1 heterocycles. The van der Waals surface area contributed by atoms with E-state index in [1.54, 1.807) is 0 Å². The minimum atomic E-state index is -0.609. The van der Waals surface area contributed by atoms with Gasteiger partial charge in [0.1, 0.15) is 11.6 Å². The van der Waals surface area contributed by atoms with Gasteiger partial charge in [0.05, 0.1) is 4.92 Å². The Labute approximate surface area is 158 Å². The largest absolute Gasteiger partial charge is 0.296 e. The molecule has 26 heavy (non-hydrogen) atoms. The third kappa shape index (κ3) is 5.65. The van der Waals surface area contributed by atoms with Crippen molar-refractivity contribution in [2.45, 2.75) is 19.0 Å². The molecule has 2 aromatic rings. The number of nitro benzene ring substituents is 1. The molecule has 0 bridgehead atoms. The fourth-order valence-corrected chi connectivity index (χ4v) is 3.22. The predicted octanol–water partition coefficient (Wildman–Crippen LogP) is 3.74. The minimum absolute atomic E-state index is 0.0644. The molecule has 2 rings (SSSR count). The fourth-order valence-electron chi connectivity index (χ4n) is 1.73. The van der Waals surface area contributed by atoms with E-state index in [1.807, 2.05) is 6.07 Å². The van der Waals surface area contributed by atoms with Crippen LogP contribution in [0.1, 0.15) is 19.4 Å². The van der Waals surface area contributed by atoms with Crippen LogP contribution < -0.4 is 5.32 Å². The van der Waals surface area contributed by atoms with Crippen LogP contribution in [0, 0.1) is 27.4 Å². The lowest BCUT2D eigenvalue weighted by atomic mass is 10.1. The van der Waals surface area contributed by atoms with Gasteiger partial charge in [0.15, 0.2) is 0 Å². The first-order valence-electron chi connectivity index (χ1n) is 7.53. The summed E-state index contributed by atoms with van der Waals surface area (Å²) >= 11 is 2.54. The highest BCUT2D eigenvalue weighted by atomic mass is 32.2. The molecule has 1 N–H and O–H groups in total. The Morgan fingerprint density at radius 1 is 1.46 bits per heavy atom. The summed E-state index contributed by atoms with van der Waals surface area (Å²) in [5.41, 5.74) is 0.309. The van der Waals surface area contributed by atoms with Gasteiger partial charge in [-0.3, -0.25) is 20.2 Å². The number of nitro groups is 1. The first-order valence-corrected chi connectivity index (χ1v) is 9.29. The molecule has 0 fully saturated rings. The maximum Gasteiger partial charge on any atom is 0.269 e. The van der Waals surface area contributed by atoms with Crippen LogP contribution in [0.3, 0.4) is 0 Å². The van der Waals surface area contributed by atoms with Crippen molar-refractivity contribution in [3.05, 3.63) is 45.5 Å². The van der Waals surface area contributed by atoms with Crippen LogP contribution in [0.15, 0.2) is 35.0 Å². The lowest BCUT2D eigenvalue weighted by molar-refractivity contribution is -0.384. The maximum atomic E-state index is 12.2. The molecule has 0 unspecified atom stereocenters. The van der Waals surface area contributed by atoms with E-state index in [-0.39, 0.29) is 11.3 Å². The summed E-state index contributed by atoms with van der Waals surface area (Å²) in [6.07, 6.45) is 1.36. The Kier molecular flexibility index (Phi) is 6.82. The third-order valence-electron chi connectivity index (χ3n) is 2.95. The summed E-state index contributed by atoms with van der Waals surface area (Å²) in [7, 11) is 0. The number of thioether (sulfide) groups is 1. The van der Waals surface area contributed by atoms with Crippen LogP contribution in [-0.4, -0.2) is 25.9 Å². The van der Waals surface area contributed by atoms with E-state index in [1.165, 1.54) is 42.1 Å². The molecule has 0 saturated heterocycles. The van der Waals surface area contributed by atoms with E-state index in [4.69, 9.17) is 0 Å². The standard InChI is InChI=1S/C16H15N5O3S2/c1-10(2)9-25-16-19-15(26-20-16)18-14(22)12(8-17)7-11-3-5-13(6-4-11)21(23)24/h3-7,10H,9H2,1-2H3,(H,18,19,20,22)/b12-7-. The number of non-ortho nitro benzene ring substituents is 1. The Morgan fingerprint density at radius 2 is 2.15 bits per heavy atom. The smallest absolute Gasteiger partial charge is 0.269 e. The summed E-state index contributed by atoms with van der Waals surface area (Å²) in [5.74, 6) is 0.756. The van der Waals surface area contributed by atoms with Gasteiger partial charge in [0.2, 0.25) is 10.3 Å². The molecule has 0 saturated carbocycles. The Morgan fingerprint density at radius 3 is 2.73 bits per heavy atom. The SMILES string of the molecule is CC(C)CSc1nsc(NC(=O)/C(C#N)=C\c2ccc([N+](=O)[O-])cc2)n1. The van der Waals surface area contributed by atoms with Crippen LogP contribution >= 0.6 is 23.3 Å². The van der Waals surface area contributed by atoms with Crippen molar-refractivity contribution < 1.29 is 9.72 Å². The van der Waals surface area contributed by atoms with Crippen molar-refractivity contribution in [3.8, 4) is 6.07 Å². The van der Waals surface area contributed by atoms with E-state index < -0.39 is 10.8 Å². The van der Waals surface area contributed by atoms with E-state index in [9.17, 15) is 20.2 Å². The summed E-state index contributed by atoms with van der Waals surface area (Å²) < 4.78 is 4.15. The number of hydrogen-bond donors (Lipinski definition) is 1. The molecular formula is C16H15N5O3S2. The second-order valence-electron chi connectivity index (χ2n) is 5.56. The average molecular weight is 389 g/mol. The topological polar surface area (TPSA) is 122 Å². The monoisotopic (exact) mass is 389 g/mol. The normalized spacial score (nSPS) is 11.2. The molecule has 0 aliphatic heterocycles. The number of nitriles is 1. The van der Waals surface area contributed by atoms with E-state index in [2.05, 4.69) is 28.5 Å². The number of amides is 1. The molecule has 1 amide bonds. The highest BCUT2D eigenvalue weighted by Gasteiger charge is 2.13. The first kappa shape index (κ1) is 19.6. The molecule has 8 nitrogen and oxygen atoms in total. The van der Waals surface area contributed by atoms with Gasteiger partial charge in [0.25, 0.3) is 11.6 Å². The molecule has 10 heteroatoms. The minimum Gasteiger partial charge on any atom is -0.296 e. The summed E-state index contributed by atoms with van der Waals surface area (Å²) in [5, 5.41) is 23.3. The zero-order valence-corrected chi connectivity index (χ0v) is 15.6. The van der Waals surface area contributed by atoms with E-state index >= 15 is 0 Å². The van der Waals surface area contributed by atoms with Crippen molar-refractivity contribution in [1.82, 2.24) is 9.36 Å². The number of benzene rings is 1. The zero-order valence-electron chi connectivity index (χ0n) is 14.0. The van der Waals surface area contributed by atoms with Gasteiger partial charge < -0.3 is 0 Å². The first-order chi connectivity index (χ1) is 12.4. The van der Waals surface area contributed by atoms with Crippen molar-refractivity contribution in [1.29, 1.82) is 5.26 Å². The highest BCUT2D eigenvalue weighted by molar-refractivity contribution is 7.99. The average Bonchev–Trinajstić information content (AvgIpc) is 3.05. The summed E-state index contributed by atoms with van der Waals surface area (Å²) in [6.45, 7) is 4.18. The van der Waals surface area contributed by atoms with E-state index in [0.717, 1.165) is 17.3 Å². The van der Waals surface area contributed by atoms with Gasteiger partial charge in [-0.05, 0) is 29.7 Å². The quantitative estimate of drug-likeness (QED) is 0.252. The number of hydrogen-bond acceptors (Lipinski definition) is 8. The summed E-state index contributed by atoms with van der Waals surface area (Å²) in [4.78, 5) is 26.6. The molecule has 0 atom stereocenters. The van der Waals surface area contributed by atoms with Crippen molar-refractivity contribution in [2.24, 2.45) is 5.92 Å². The molecule has 0 aliphatic rings. The van der Waals surface area contributed by atoms with Crippen LogP contribution in [0.4, 0.5) is 10.8 Å². The number of aromatic nitrogens is 2. The molecular weight excluding hydrogens is 374 g/mol. The fraction of sp³-hybridized carbons (Fsp3) is 0.250. The molecule has 0 spiro atoms. The molecule has 0 aliphatic carbocycles. The van der Waals surface area contributed by atoms with Crippen LogP contribution in [0.2, 0.25) is 0 Å². The Balaban J connectivity index is 2.06. The Bertz CT molecular complexity index is 869. The zero-order chi connectivity index (χ0) is 19.1. The number of rotatable bonds is 7. The van der Waals surface area contributed by atoms with Crippen LogP contribution in [0.25, 0.3) is 6.08 Å². The van der Waals surface area contributed by atoms with Gasteiger partial charge in [-0.15, -0.1) is 0 Å². The lowest BCUT2D eigenvalue weighted by Crippen LogP contribution is -2.13. The van der Waals surface area contributed by atoms with Crippen LogP contribution in [-0.2, 0) is 4.79 Å². The second-order valence-corrected chi connectivity index (χ2v) is 7.30. The lowest BCUT2D eigenvalue weighted by Gasteiger charge is -2.00. The predicted molar refractivity (Wildman–Crippen MR) is 101 cm³/mol. The molecule has 1 aromatic carbocycles. The highest BCUT2D eigenvalue weighted by Crippen LogP contribution is 2.22. The third-order valence-corrected chi connectivity index (χ3v) is 4.97. The summed E-state index contributed by atoms with van der Waals surface area (Å²) in [6, 6.07) is 7.37. The number of carbonyl (C=O) groups is 1. The maximum absolute atomic E-state index is 12.2. The number of nitrogens with one attached hydrogen (secondary N) is 1. The van der Waals surface area contributed by atoms with Gasteiger partial charge in [-0.2, -0.15) is 14.6 Å². The van der Waals surface area contributed by atoms with Crippen molar-refractivity contribution >= 4 is 46.1 Å². The van der Waals surface area contributed by atoms with Gasteiger partial charge >= 0.3 is 0 Å². The number of nitrogens with zero attached hydrogens (tertiary/aromatic N) is 4. The molecule has 1 aromatic heterocycles. The Hall–Kier alpha value is -2.77. The number of anilines is 1. The molecule has 0 radical (unpaired) electrons. The molecule has 134 valence electrons. The second kappa shape index (κ2) is 9.07. The van der Waals surface area contributed by atoms with E-state index in [0.29, 0.717) is 21.8 Å². The number of carbonyl (C=O) groups excluding carboxylic acids is 1. The van der Waals surface area contributed by atoms with Crippen molar-refractivity contribution in [3.63, 3.8) is 0 Å². The van der Waals surface area contributed by atoms with Crippen LogP contribution in [0.5, 0.6) is 0 Å².